The molecule has 0 aromatic heterocycles. The van der Waals surface area contributed by atoms with Gasteiger partial charge < -0.3 is 0 Å². The lowest BCUT2D eigenvalue weighted by Gasteiger charge is -2.08. The Hall–Kier alpha value is -1.08. The zero-order valence-electron chi connectivity index (χ0n) is 8.36. The Balaban J connectivity index is 2.08. The van der Waals surface area contributed by atoms with Gasteiger partial charge in [-0.3, -0.25) is 0 Å². The van der Waals surface area contributed by atoms with Crippen LogP contribution in [0.3, 0.4) is 0 Å². The molecule has 0 aliphatic carbocycles. The monoisotopic (exact) mass is 259 g/mol. The summed E-state index contributed by atoms with van der Waals surface area (Å²) in [4.78, 5) is 1.23. The molecule has 1 radical (unpaired) electrons. The Bertz CT molecular complexity index is 394. The lowest BCUT2D eigenvalue weighted by molar-refractivity contribution is 1.14. The fraction of sp³-hybridized carbons (Fsp3) is 0.0714. The van der Waals surface area contributed by atoms with E-state index in [0.29, 0.717) is 0 Å². The van der Waals surface area contributed by atoms with Crippen molar-refractivity contribution in [1.29, 1.82) is 0 Å². The molecule has 75 valence electrons. The van der Waals surface area contributed by atoms with E-state index in [-0.39, 0.29) is 0 Å². The quantitative estimate of drug-likeness (QED) is 0.775. The number of rotatable bonds is 3. The van der Waals surface area contributed by atoms with Crippen LogP contribution in [-0.4, -0.2) is 0 Å². The second-order valence-corrected chi connectivity index (χ2v) is 4.39. The van der Waals surface area contributed by atoms with Gasteiger partial charge in [0.2, 0.25) is 0 Å². The molecule has 1 heteroatoms. The van der Waals surface area contributed by atoms with Gasteiger partial charge in [-0.25, -0.2) is 0 Å². The number of hydrogen-bond acceptors (Lipinski definition) is 0. The molecule has 0 saturated heterocycles. The lowest BCUT2D eigenvalue weighted by atomic mass is 10.0. The average molecular weight is 260 g/mol. The van der Waals surface area contributed by atoms with Gasteiger partial charge in [0.25, 0.3) is 0 Å². The van der Waals surface area contributed by atoms with Gasteiger partial charge in [-0.2, -0.15) is 0 Å². The molecule has 15 heavy (non-hydrogen) atoms. The van der Waals surface area contributed by atoms with Crippen LogP contribution in [0.4, 0.5) is 0 Å². The highest BCUT2D eigenvalue weighted by atomic mass is 79.9. The average Bonchev–Trinajstić information content (AvgIpc) is 2.31. The van der Waals surface area contributed by atoms with Crippen molar-refractivity contribution in [2.45, 2.75) is 6.42 Å². The molecule has 0 heterocycles. The summed E-state index contributed by atoms with van der Waals surface area (Å²) < 4.78 is 0. The number of hydrogen-bond donors (Lipinski definition) is 0. The first kappa shape index (κ1) is 10.4. The molecule has 0 unspecified atom stereocenters. The largest absolute Gasteiger partial charge is 0.0778 e. The third kappa shape index (κ3) is 2.93. The van der Waals surface area contributed by atoms with E-state index >= 15 is 0 Å². The van der Waals surface area contributed by atoms with Crippen LogP contribution in [0.1, 0.15) is 11.1 Å². The third-order valence-electron chi connectivity index (χ3n) is 2.29. The van der Waals surface area contributed by atoms with Crippen molar-refractivity contribution in [1.82, 2.24) is 0 Å². The highest BCUT2D eigenvalue weighted by Gasteiger charge is 2.07. The molecule has 0 atom stereocenters. The Morgan fingerprint density at radius 3 is 1.93 bits per heavy atom. The van der Waals surface area contributed by atoms with Crippen molar-refractivity contribution in [3.63, 3.8) is 0 Å². The second-order valence-electron chi connectivity index (χ2n) is 3.43. The first-order valence-electron chi connectivity index (χ1n) is 4.97. The van der Waals surface area contributed by atoms with Gasteiger partial charge in [0, 0.05) is 0 Å². The number of halogens is 1. The van der Waals surface area contributed by atoms with Gasteiger partial charge in [-0.1, -0.05) is 76.6 Å². The first-order valence-corrected chi connectivity index (χ1v) is 5.76. The van der Waals surface area contributed by atoms with Crippen LogP contribution in [0.25, 0.3) is 0 Å². The molecule has 2 rings (SSSR count). The minimum atomic E-state index is 0.949. The third-order valence-corrected chi connectivity index (χ3v) is 3.03. The molecule has 0 nitrogen and oxygen atoms in total. The van der Waals surface area contributed by atoms with E-state index < -0.39 is 0 Å². The van der Waals surface area contributed by atoms with E-state index in [1.807, 2.05) is 12.1 Å². The summed E-state index contributed by atoms with van der Waals surface area (Å²) in [6.45, 7) is 0. The highest BCUT2D eigenvalue weighted by molar-refractivity contribution is 9.11. The molecule has 2 aromatic carbocycles. The van der Waals surface area contributed by atoms with E-state index in [1.54, 1.807) is 0 Å². The summed E-state index contributed by atoms with van der Waals surface area (Å²) in [5, 5.41) is 0. The summed E-state index contributed by atoms with van der Waals surface area (Å²) in [5.41, 5.74) is 2.58. The molecular weight excluding hydrogens is 248 g/mol. The molecule has 0 aliphatic rings. The highest BCUT2D eigenvalue weighted by Crippen LogP contribution is 2.25. The summed E-state index contributed by atoms with van der Waals surface area (Å²) in [6, 6.07) is 20.9. The van der Waals surface area contributed by atoms with Crippen LogP contribution >= 0.6 is 15.9 Å². The molecule has 0 fully saturated rings. The molecule has 0 bridgehead atoms. The van der Waals surface area contributed by atoms with Crippen LogP contribution in [-0.2, 0) is 6.42 Å². The molecular formula is C14H12Br. The minimum Gasteiger partial charge on any atom is -0.0778 e. The lowest BCUT2D eigenvalue weighted by Crippen LogP contribution is -1.95. The van der Waals surface area contributed by atoms with Crippen molar-refractivity contribution in [2.75, 3.05) is 0 Å². The van der Waals surface area contributed by atoms with Gasteiger partial charge in [0.15, 0.2) is 0 Å². The van der Waals surface area contributed by atoms with Crippen LogP contribution in [0, 0.1) is 4.83 Å². The molecule has 0 spiro atoms. The van der Waals surface area contributed by atoms with Crippen LogP contribution < -0.4 is 0 Å². The summed E-state index contributed by atoms with van der Waals surface area (Å²) in [5.74, 6) is 0. The summed E-state index contributed by atoms with van der Waals surface area (Å²) in [6.07, 6.45) is 0.949. The van der Waals surface area contributed by atoms with E-state index in [4.69, 9.17) is 0 Å². The van der Waals surface area contributed by atoms with Crippen LogP contribution in [0.5, 0.6) is 0 Å². The zero-order chi connectivity index (χ0) is 10.5. The maximum atomic E-state index is 3.64. The molecule has 0 N–H and O–H groups in total. The van der Waals surface area contributed by atoms with Crippen molar-refractivity contribution < 1.29 is 0 Å². The standard InChI is InChI=1S/C14H12Br/c15-14(13-9-5-2-6-10-13)11-12-7-3-1-4-8-12/h1-10H,11H2. The van der Waals surface area contributed by atoms with Gasteiger partial charge in [0.1, 0.15) is 0 Å². The van der Waals surface area contributed by atoms with Gasteiger partial charge in [-0.15, -0.1) is 0 Å². The van der Waals surface area contributed by atoms with E-state index in [1.165, 1.54) is 16.0 Å². The summed E-state index contributed by atoms with van der Waals surface area (Å²) in [7, 11) is 0. The van der Waals surface area contributed by atoms with Gasteiger partial charge in [-0.05, 0) is 17.5 Å². The van der Waals surface area contributed by atoms with Crippen LogP contribution in [0.15, 0.2) is 60.7 Å². The van der Waals surface area contributed by atoms with Gasteiger partial charge in [0.05, 0.1) is 4.83 Å². The van der Waals surface area contributed by atoms with Crippen molar-refractivity contribution >= 4 is 15.9 Å². The fourth-order valence-corrected chi connectivity index (χ4v) is 2.08. The topological polar surface area (TPSA) is 0 Å². The van der Waals surface area contributed by atoms with Gasteiger partial charge >= 0.3 is 0 Å². The van der Waals surface area contributed by atoms with Crippen molar-refractivity contribution in [3.8, 4) is 0 Å². The predicted octanol–water partition coefficient (Wildman–Crippen LogP) is 4.20. The van der Waals surface area contributed by atoms with E-state index in [2.05, 4.69) is 64.5 Å². The minimum absolute atomic E-state index is 0.949. The Morgan fingerprint density at radius 2 is 1.33 bits per heavy atom. The zero-order valence-corrected chi connectivity index (χ0v) is 9.94. The summed E-state index contributed by atoms with van der Waals surface area (Å²) >= 11 is 3.64. The molecule has 0 amide bonds. The van der Waals surface area contributed by atoms with Crippen molar-refractivity contribution in [2.24, 2.45) is 0 Å². The predicted molar refractivity (Wildman–Crippen MR) is 67.9 cm³/mol. The molecule has 0 saturated carbocycles. The molecule has 0 aliphatic heterocycles. The van der Waals surface area contributed by atoms with Crippen LogP contribution in [0.2, 0.25) is 0 Å². The first-order chi connectivity index (χ1) is 7.36. The smallest absolute Gasteiger partial charge is 0.0742 e. The Labute approximate surface area is 99.1 Å². The number of benzene rings is 2. The van der Waals surface area contributed by atoms with Crippen molar-refractivity contribution in [3.05, 3.63) is 76.6 Å². The SMILES string of the molecule is Br[C](Cc1ccccc1)c1ccccc1. The maximum Gasteiger partial charge on any atom is 0.0742 e. The van der Waals surface area contributed by atoms with E-state index in [9.17, 15) is 0 Å². The fourth-order valence-electron chi connectivity index (χ4n) is 1.50. The molecule has 2 aromatic rings. The Morgan fingerprint density at radius 1 is 0.800 bits per heavy atom. The second kappa shape index (κ2) is 5.13. The Kier molecular flexibility index (Phi) is 3.57. The maximum absolute atomic E-state index is 3.64. The van der Waals surface area contributed by atoms with E-state index in [0.717, 1.165) is 6.42 Å². The normalized spacial score (nSPS) is 10.5.